The quantitative estimate of drug-likeness (QED) is 0.790. The number of aromatic nitrogens is 3. The van der Waals surface area contributed by atoms with Crippen molar-refractivity contribution < 1.29 is 13.2 Å². The molecule has 4 heterocycles. The number of aryl methyl sites for hydroxylation is 1. The molecule has 0 spiro atoms. The highest BCUT2D eigenvalue weighted by Crippen LogP contribution is 2.30. The van der Waals surface area contributed by atoms with Crippen LogP contribution < -0.4 is 0 Å². The van der Waals surface area contributed by atoms with Crippen molar-refractivity contribution in [3.63, 3.8) is 0 Å². The first-order chi connectivity index (χ1) is 13.0. The van der Waals surface area contributed by atoms with Crippen LogP contribution in [0.3, 0.4) is 0 Å². The van der Waals surface area contributed by atoms with Crippen LogP contribution in [-0.4, -0.2) is 65.0 Å². The summed E-state index contributed by atoms with van der Waals surface area (Å²) in [7, 11) is -1.77. The lowest BCUT2D eigenvalue weighted by molar-refractivity contribution is 0.0796. The summed E-state index contributed by atoms with van der Waals surface area (Å²) >= 11 is 0. The van der Waals surface area contributed by atoms with Crippen molar-refractivity contribution in [2.75, 3.05) is 26.7 Å². The summed E-state index contributed by atoms with van der Waals surface area (Å²) in [6.45, 7) is 2.29. The smallest absolute Gasteiger partial charge is 0.271 e. The Hall–Kier alpha value is -2.26. The molecule has 2 aromatic rings. The topological polar surface area (TPSA) is 88.4 Å². The average Bonchev–Trinajstić information content (AvgIpc) is 3.07. The third-order valence-corrected chi connectivity index (χ3v) is 7.15. The minimum atomic E-state index is -3.57. The molecule has 144 valence electrons. The average molecular weight is 389 g/mol. The first kappa shape index (κ1) is 18.1. The molecule has 1 unspecified atom stereocenters. The fraction of sp³-hybridized carbons (Fsp3) is 0.500. The van der Waals surface area contributed by atoms with E-state index in [9.17, 15) is 13.2 Å². The third kappa shape index (κ3) is 3.37. The van der Waals surface area contributed by atoms with Gasteiger partial charge in [0.1, 0.15) is 10.6 Å². The van der Waals surface area contributed by atoms with Gasteiger partial charge in [-0.05, 0) is 37.5 Å². The number of pyridine rings is 1. The standard InChI is InChI=1S/C18H23N5O3S/c1-21-8-4-10-23-17(18(21)24)11-16(20-23)14-5-3-9-22(13-14)27(25,26)15-6-2-7-19-12-15/h2,6-7,11-12,14H,3-5,8-10,13H2,1H3. The molecule has 8 nitrogen and oxygen atoms in total. The molecule has 0 aliphatic carbocycles. The number of rotatable bonds is 3. The summed E-state index contributed by atoms with van der Waals surface area (Å²) in [6.07, 6.45) is 5.43. The predicted molar refractivity (Wildman–Crippen MR) is 98.8 cm³/mol. The van der Waals surface area contributed by atoms with Gasteiger partial charge < -0.3 is 4.90 Å². The van der Waals surface area contributed by atoms with Crippen molar-refractivity contribution in [2.24, 2.45) is 0 Å². The Balaban J connectivity index is 1.59. The van der Waals surface area contributed by atoms with Crippen molar-refractivity contribution in [1.29, 1.82) is 0 Å². The minimum absolute atomic E-state index is 0.0114. The fourth-order valence-corrected chi connectivity index (χ4v) is 5.27. The van der Waals surface area contributed by atoms with Gasteiger partial charge in [-0.25, -0.2) is 8.42 Å². The van der Waals surface area contributed by atoms with Gasteiger partial charge in [0.25, 0.3) is 5.91 Å². The molecule has 1 atom stereocenters. The van der Waals surface area contributed by atoms with E-state index in [1.54, 1.807) is 35.0 Å². The zero-order valence-corrected chi connectivity index (χ0v) is 16.1. The van der Waals surface area contributed by atoms with Gasteiger partial charge in [-0.3, -0.25) is 14.5 Å². The van der Waals surface area contributed by atoms with Crippen molar-refractivity contribution in [1.82, 2.24) is 24.0 Å². The predicted octanol–water partition coefficient (Wildman–Crippen LogP) is 1.32. The maximum absolute atomic E-state index is 12.9. The number of fused-ring (bicyclic) bond motifs is 1. The Bertz CT molecular complexity index is 941. The SMILES string of the molecule is CN1CCCn2nc(C3CCCN(S(=O)(=O)c4cccnc4)C3)cc2C1=O. The molecule has 0 saturated carbocycles. The molecule has 9 heteroatoms. The van der Waals surface area contributed by atoms with E-state index in [2.05, 4.69) is 10.1 Å². The summed E-state index contributed by atoms with van der Waals surface area (Å²) in [5, 5.41) is 4.64. The van der Waals surface area contributed by atoms with E-state index in [0.29, 0.717) is 25.3 Å². The molecule has 2 aliphatic heterocycles. The van der Waals surface area contributed by atoms with Gasteiger partial charge in [0.2, 0.25) is 10.0 Å². The molecular weight excluding hydrogens is 366 g/mol. The Morgan fingerprint density at radius 2 is 2.04 bits per heavy atom. The molecule has 2 aromatic heterocycles. The monoisotopic (exact) mass is 389 g/mol. The molecule has 0 aromatic carbocycles. The lowest BCUT2D eigenvalue weighted by Crippen LogP contribution is -2.39. The highest BCUT2D eigenvalue weighted by atomic mass is 32.2. The summed E-state index contributed by atoms with van der Waals surface area (Å²) < 4.78 is 29.1. The summed E-state index contributed by atoms with van der Waals surface area (Å²) in [5.41, 5.74) is 1.40. The highest BCUT2D eigenvalue weighted by Gasteiger charge is 2.33. The number of hydrogen-bond donors (Lipinski definition) is 0. The van der Waals surface area contributed by atoms with Crippen molar-refractivity contribution in [3.8, 4) is 0 Å². The molecule has 1 amide bonds. The van der Waals surface area contributed by atoms with Crippen LogP contribution in [0.4, 0.5) is 0 Å². The van der Waals surface area contributed by atoms with Gasteiger partial charge >= 0.3 is 0 Å². The minimum Gasteiger partial charge on any atom is -0.340 e. The lowest BCUT2D eigenvalue weighted by atomic mass is 9.96. The van der Waals surface area contributed by atoms with E-state index in [4.69, 9.17) is 0 Å². The van der Waals surface area contributed by atoms with Gasteiger partial charge in [0.15, 0.2) is 0 Å². The summed E-state index contributed by atoms with van der Waals surface area (Å²) in [6, 6.07) is 5.04. The molecular formula is C18H23N5O3S. The van der Waals surface area contributed by atoms with Gasteiger partial charge in [-0.1, -0.05) is 0 Å². The van der Waals surface area contributed by atoms with E-state index in [-0.39, 0.29) is 16.7 Å². The van der Waals surface area contributed by atoms with E-state index >= 15 is 0 Å². The van der Waals surface area contributed by atoms with E-state index < -0.39 is 10.0 Å². The number of carbonyl (C=O) groups excluding carboxylic acids is 1. The number of sulfonamides is 1. The van der Waals surface area contributed by atoms with Crippen molar-refractivity contribution in [2.45, 2.75) is 36.6 Å². The van der Waals surface area contributed by atoms with Crippen molar-refractivity contribution in [3.05, 3.63) is 42.0 Å². The number of hydrogen-bond acceptors (Lipinski definition) is 5. The van der Waals surface area contributed by atoms with Gasteiger partial charge in [0, 0.05) is 51.5 Å². The molecule has 0 N–H and O–H groups in total. The molecule has 0 radical (unpaired) electrons. The molecule has 2 aliphatic rings. The van der Waals surface area contributed by atoms with E-state index in [0.717, 1.165) is 31.5 Å². The Morgan fingerprint density at radius 1 is 1.19 bits per heavy atom. The maximum Gasteiger partial charge on any atom is 0.271 e. The normalized spacial score (nSPS) is 21.7. The van der Waals surface area contributed by atoms with Gasteiger partial charge in [0.05, 0.1) is 5.69 Å². The second-order valence-electron chi connectivity index (χ2n) is 7.15. The third-order valence-electron chi connectivity index (χ3n) is 5.30. The Labute approximate surface area is 158 Å². The zero-order valence-electron chi connectivity index (χ0n) is 15.3. The van der Waals surface area contributed by atoms with E-state index in [1.807, 2.05) is 6.07 Å². The number of nitrogens with zero attached hydrogens (tertiary/aromatic N) is 5. The van der Waals surface area contributed by atoms with Crippen LogP contribution in [0.25, 0.3) is 0 Å². The van der Waals surface area contributed by atoms with Crippen LogP contribution in [0.1, 0.15) is 41.4 Å². The fourth-order valence-electron chi connectivity index (χ4n) is 3.78. The summed E-state index contributed by atoms with van der Waals surface area (Å²) in [4.78, 5) is 18.3. The van der Waals surface area contributed by atoms with Gasteiger partial charge in [-0.2, -0.15) is 9.40 Å². The number of carbonyl (C=O) groups is 1. The molecule has 27 heavy (non-hydrogen) atoms. The molecule has 1 saturated heterocycles. The Kier molecular flexibility index (Phi) is 4.73. The van der Waals surface area contributed by atoms with Gasteiger partial charge in [-0.15, -0.1) is 0 Å². The number of piperidine rings is 1. The lowest BCUT2D eigenvalue weighted by Gasteiger charge is -2.31. The van der Waals surface area contributed by atoms with Crippen LogP contribution in [-0.2, 0) is 16.6 Å². The van der Waals surface area contributed by atoms with Crippen molar-refractivity contribution >= 4 is 15.9 Å². The second kappa shape index (κ2) is 7.05. The van der Waals surface area contributed by atoms with Crippen LogP contribution >= 0.6 is 0 Å². The first-order valence-electron chi connectivity index (χ1n) is 9.20. The summed E-state index contributed by atoms with van der Waals surface area (Å²) in [5.74, 6) is -0.0374. The maximum atomic E-state index is 12.9. The largest absolute Gasteiger partial charge is 0.340 e. The molecule has 1 fully saturated rings. The molecule has 0 bridgehead atoms. The molecule has 4 rings (SSSR count). The second-order valence-corrected chi connectivity index (χ2v) is 9.09. The Morgan fingerprint density at radius 3 is 2.81 bits per heavy atom. The number of amides is 1. The zero-order chi connectivity index (χ0) is 19.0. The van der Waals surface area contributed by atoms with Crippen LogP contribution in [0.15, 0.2) is 35.5 Å². The van der Waals surface area contributed by atoms with Crippen LogP contribution in [0.2, 0.25) is 0 Å². The first-order valence-corrected chi connectivity index (χ1v) is 10.6. The van der Waals surface area contributed by atoms with Crippen LogP contribution in [0.5, 0.6) is 0 Å². The van der Waals surface area contributed by atoms with Crippen LogP contribution in [0, 0.1) is 0 Å². The van der Waals surface area contributed by atoms with E-state index in [1.165, 1.54) is 10.5 Å². The highest BCUT2D eigenvalue weighted by molar-refractivity contribution is 7.89.